The summed E-state index contributed by atoms with van der Waals surface area (Å²) in [6.45, 7) is 3.01. The Bertz CT molecular complexity index is 461. The fourth-order valence-electron chi connectivity index (χ4n) is 3.32. The molecule has 0 spiro atoms. The predicted molar refractivity (Wildman–Crippen MR) is 78.3 cm³/mol. The second kappa shape index (κ2) is 6.02. The molecule has 3 rings (SSSR count). The van der Waals surface area contributed by atoms with E-state index in [0.717, 1.165) is 50.2 Å². The molecule has 1 aliphatic carbocycles. The van der Waals surface area contributed by atoms with Gasteiger partial charge in [-0.15, -0.1) is 0 Å². The molecule has 1 atom stereocenters. The number of nitrogens with zero attached hydrogens (tertiary/aromatic N) is 1. The largest absolute Gasteiger partial charge is 0.464 e. The van der Waals surface area contributed by atoms with E-state index in [9.17, 15) is 4.79 Å². The van der Waals surface area contributed by atoms with E-state index >= 15 is 0 Å². The van der Waals surface area contributed by atoms with Crippen molar-refractivity contribution in [2.45, 2.75) is 64.3 Å². The van der Waals surface area contributed by atoms with E-state index in [1.807, 2.05) is 0 Å². The molecule has 1 aliphatic heterocycles. The zero-order chi connectivity index (χ0) is 13.9. The number of likely N-dealkylation sites (tertiary alicyclic amines) is 1. The number of aryl methyl sites for hydroxylation is 1. The van der Waals surface area contributed by atoms with E-state index in [1.165, 1.54) is 19.3 Å². The van der Waals surface area contributed by atoms with Gasteiger partial charge in [0.1, 0.15) is 11.5 Å². The molecular formula is C17H25NO2. The lowest BCUT2D eigenvalue weighted by molar-refractivity contribution is -0.141. The van der Waals surface area contributed by atoms with Gasteiger partial charge in [-0.2, -0.15) is 0 Å². The number of hydrogen-bond donors (Lipinski definition) is 0. The maximum atomic E-state index is 12.7. The van der Waals surface area contributed by atoms with E-state index < -0.39 is 0 Å². The minimum atomic E-state index is 0.172. The van der Waals surface area contributed by atoms with E-state index in [4.69, 9.17) is 4.42 Å². The van der Waals surface area contributed by atoms with Gasteiger partial charge in [-0.25, -0.2) is 0 Å². The number of hydrogen-bond acceptors (Lipinski definition) is 2. The Labute approximate surface area is 121 Å². The van der Waals surface area contributed by atoms with Crippen molar-refractivity contribution >= 4 is 5.91 Å². The third-order valence-electron chi connectivity index (χ3n) is 4.85. The van der Waals surface area contributed by atoms with Gasteiger partial charge < -0.3 is 9.32 Å². The number of furan rings is 1. The summed E-state index contributed by atoms with van der Waals surface area (Å²) in [5.74, 6) is 2.69. The lowest BCUT2D eigenvalue weighted by Crippen LogP contribution is -2.41. The summed E-state index contributed by atoms with van der Waals surface area (Å²) in [5, 5.41) is 0. The fraction of sp³-hybridized carbons (Fsp3) is 0.706. The van der Waals surface area contributed by atoms with Gasteiger partial charge in [0.2, 0.25) is 5.91 Å². The molecule has 0 aromatic carbocycles. The van der Waals surface area contributed by atoms with Crippen LogP contribution in [-0.2, 0) is 11.2 Å². The Balaban J connectivity index is 1.81. The van der Waals surface area contributed by atoms with Crippen LogP contribution in [0.3, 0.4) is 0 Å². The van der Waals surface area contributed by atoms with Crippen molar-refractivity contribution in [1.29, 1.82) is 0 Å². The molecule has 3 heteroatoms. The van der Waals surface area contributed by atoms with Gasteiger partial charge >= 0.3 is 0 Å². The SMILES string of the molecule is CCc1ccc(C2CCCCCN2C(=O)C2CCC2)o1. The molecule has 0 bridgehead atoms. The zero-order valence-electron chi connectivity index (χ0n) is 12.4. The number of carbonyl (C=O) groups excluding carboxylic acids is 1. The predicted octanol–water partition coefficient (Wildman–Crippen LogP) is 4.09. The standard InChI is InChI=1S/C17H25NO2/c1-2-14-10-11-16(20-14)15-9-4-3-5-12-18(15)17(19)13-7-6-8-13/h10-11,13,15H,2-9,12H2,1H3. The fourth-order valence-corrected chi connectivity index (χ4v) is 3.32. The van der Waals surface area contributed by atoms with Crippen molar-refractivity contribution in [3.63, 3.8) is 0 Å². The van der Waals surface area contributed by atoms with E-state index in [-0.39, 0.29) is 12.0 Å². The molecular weight excluding hydrogens is 250 g/mol. The molecule has 3 nitrogen and oxygen atoms in total. The lowest BCUT2D eigenvalue weighted by atomic mass is 9.84. The van der Waals surface area contributed by atoms with Gasteiger partial charge in [0.15, 0.2) is 0 Å². The van der Waals surface area contributed by atoms with Crippen LogP contribution in [0.2, 0.25) is 0 Å². The first kappa shape index (κ1) is 13.7. The maximum absolute atomic E-state index is 12.7. The molecule has 20 heavy (non-hydrogen) atoms. The molecule has 110 valence electrons. The third kappa shape index (κ3) is 2.63. The van der Waals surface area contributed by atoms with Gasteiger partial charge in [-0.1, -0.05) is 26.2 Å². The Morgan fingerprint density at radius 1 is 1.20 bits per heavy atom. The van der Waals surface area contributed by atoms with Crippen LogP contribution in [0.25, 0.3) is 0 Å². The van der Waals surface area contributed by atoms with Crippen LogP contribution in [0.15, 0.2) is 16.5 Å². The first-order valence-electron chi connectivity index (χ1n) is 8.18. The van der Waals surface area contributed by atoms with Crippen molar-refractivity contribution in [1.82, 2.24) is 4.90 Å². The molecule has 2 heterocycles. The van der Waals surface area contributed by atoms with Crippen molar-refractivity contribution in [3.05, 3.63) is 23.7 Å². The van der Waals surface area contributed by atoms with Crippen LogP contribution in [0.5, 0.6) is 0 Å². The number of amides is 1. The van der Waals surface area contributed by atoms with Crippen molar-refractivity contribution in [2.24, 2.45) is 5.92 Å². The molecule has 2 fully saturated rings. The average molecular weight is 275 g/mol. The summed E-state index contributed by atoms with van der Waals surface area (Å²) in [5.41, 5.74) is 0. The number of carbonyl (C=O) groups is 1. The average Bonchev–Trinajstić information content (AvgIpc) is 2.73. The van der Waals surface area contributed by atoms with Gasteiger partial charge in [0, 0.05) is 18.9 Å². The van der Waals surface area contributed by atoms with Crippen molar-refractivity contribution < 1.29 is 9.21 Å². The van der Waals surface area contributed by atoms with Crippen LogP contribution in [0, 0.1) is 5.92 Å². The lowest BCUT2D eigenvalue weighted by Gasteiger charge is -2.35. The normalized spacial score (nSPS) is 24.2. The highest BCUT2D eigenvalue weighted by Gasteiger charge is 2.35. The van der Waals surface area contributed by atoms with E-state index in [2.05, 4.69) is 24.0 Å². The summed E-state index contributed by atoms with van der Waals surface area (Å²) in [7, 11) is 0. The molecule has 1 aromatic heterocycles. The second-order valence-electron chi connectivity index (χ2n) is 6.18. The molecule has 1 saturated carbocycles. The Hall–Kier alpha value is -1.25. The molecule has 1 aromatic rings. The van der Waals surface area contributed by atoms with E-state index in [1.54, 1.807) is 0 Å². The molecule has 0 radical (unpaired) electrons. The molecule has 0 N–H and O–H groups in total. The van der Waals surface area contributed by atoms with Crippen LogP contribution in [0.1, 0.15) is 69.4 Å². The molecule has 1 amide bonds. The van der Waals surface area contributed by atoms with Gasteiger partial charge in [-0.05, 0) is 37.8 Å². The molecule has 1 saturated heterocycles. The van der Waals surface area contributed by atoms with Crippen molar-refractivity contribution in [3.8, 4) is 0 Å². The summed E-state index contributed by atoms with van der Waals surface area (Å²) >= 11 is 0. The topological polar surface area (TPSA) is 33.5 Å². The smallest absolute Gasteiger partial charge is 0.226 e. The summed E-state index contributed by atoms with van der Waals surface area (Å²) in [6.07, 6.45) is 8.92. The van der Waals surface area contributed by atoms with Crippen LogP contribution < -0.4 is 0 Å². The first-order valence-corrected chi connectivity index (χ1v) is 8.18. The minimum Gasteiger partial charge on any atom is -0.464 e. The quantitative estimate of drug-likeness (QED) is 0.832. The monoisotopic (exact) mass is 275 g/mol. The molecule has 1 unspecified atom stereocenters. The molecule has 2 aliphatic rings. The van der Waals surface area contributed by atoms with E-state index in [0.29, 0.717) is 5.91 Å². The highest BCUT2D eigenvalue weighted by Crippen LogP contribution is 2.36. The van der Waals surface area contributed by atoms with Gasteiger partial charge in [0.05, 0.1) is 6.04 Å². The number of rotatable bonds is 3. The second-order valence-corrected chi connectivity index (χ2v) is 6.18. The minimum absolute atomic E-state index is 0.172. The third-order valence-corrected chi connectivity index (χ3v) is 4.85. The summed E-state index contributed by atoms with van der Waals surface area (Å²) in [4.78, 5) is 14.8. The Morgan fingerprint density at radius 3 is 2.70 bits per heavy atom. The Morgan fingerprint density at radius 2 is 2.05 bits per heavy atom. The van der Waals surface area contributed by atoms with Gasteiger partial charge in [0.25, 0.3) is 0 Å². The van der Waals surface area contributed by atoms with Crippen LogP contribution in [0.4, 0.5) is 0 Å². The summed E-state index contributed by atoms with van der Waals surface area (Å²) < 4.78 is 5.95. The van der Waals surface area contributed by atoms with Gasteiger partial charge in [-0.3, -0.25) is 4.79 Å². The first-order chi connectivity index (χ1) is 9.79. The van der Waals surface area contributed by atoms with Crippen LogP contribution in [-0.4, -0.2) is 17.4 Å². The highest BCUT2D eigenvalue weighted by molar-refractivity contribution is 5.80. The zero-order valence-corrected chi connectivity index (χ0v) is 12.4. The highest BCUT2D eigenvalue weighted by atomic mass is 16.3. The summed E-state index contributed by atoms with van der Waals surface area (Å²) in [6, 6.07) is 4.31. The Kier molecular flexibility index (Phi) is 4.13. The van der Waals surface area contributed by atoms with Crippen LogP contribution >= 0.6 is 0 Å². The maximum Gasteiger partial charge on any atom is 0.226 e. The van der Waals surface area contributed by atoms with Crippen molar-refractivity contribution in [2.75, 3.05) is 6.54 Å².